The Morgan fingerprint density at radius 2 is 1.86 bits per heavy atom. The number of carbonyl (C=O) groups is 1. The lowest BCUT2D eigenvalue weighted by Gasteiger charge is -2.43. The molecular weight excluding hydrogens is 274 g/mol. The van der Waals surface area contributed by atoms with Crippen LogP contribution >= 0.6 is 0 Å². The van der Waals surface area contributed by atoms with Crippen molar-refractivity contribution in [2.45, 2.75) is 38.1 Å². The fraction of sp³-hybridized carbons (Fsp3) is 0.562. The summed E-state index contributed by atoms with van der Waals surface area (Å²) in [5.74, 6) is -1.56. The van der Waals surface area contributed by atoms with Crippen LogP contribution in [0.2, 0.25) is 0 Å². The summed E-state index contributed by atoms with van der Waals surface area (Å²) < 4.78 is 26.8. The predicted octanol–water partition coefficient (Wildman–Crippen LogP) is 3.06. The van der Waals surface area contributed by atoms with Crippen molar-refractivity contribution < 1.29 is 13.6 Å². The van der Waals surface area contributed by atoms with E-state index in [0.29, 0.717) is 11.8 Å². The van der Waals surface area contributed by atoms with Crippen LogP contribution in [0.1, 0.15) is 32.1 Å². The van der Waals surface area contributed by atoms with Crippen molar-refractivity contribution in [1.29, 1.82) is 0 Å². The molecule has 2 fully saturated rings. The highest BCUT2D eigenvalue weighted by Crippen LogP contribution is 2.42. The molecule has 0 aromatic heterocycles. The molecular formula is C16H20F2N2O. The Kier molecular flexibility index (Phi) is 3.93. The second-order valence-corrected chi connectivity index (χ2v) is 6.29. The van der Waals surface area contributed by atoms with E-state index in [2.05, 4.69) is 5.32 Å². The standard InChI is InChI=1S/C16H20F2N2O/c17-12-5-2-6-13(14(12)18)20-16(21)11-7-9-3-1-4-10(8-11)15(9)19/h2,5-6,9-11,15H,1,3-4,7-8,19H2,(H,20,21). The minimum atomic E-state index is -1.00. The Hall–Kier alpha value is -1.49. The number of anilines is 1. The Balaban J connectivity index is 1.70. The fourth-order valence-electron chi connectivity index (χ4n) is 3.84. The van der Waals surface area contributed by atoms with E-state index in [1.807, 2.05) is 0 Å². The number of amides is 1. The highest BCUT2D eigenvalue weighted by molar-refractivity contribution is 5.92. The summed E-state index contributed by atoms with van der Waals surface area (Å²) in [5.41, 5.74) is 6.12. The van der Waals surface area contributed by atoms with E-state index >= 15 is 0 Å². The van der Waals surface area contributed by atoms with Gasteiger partial charge in [-0.2, -0.15) is 0 Å². The zero-order valence-electron chi connectivity index (χ0n) is 11.8. The first kappa shape index (κ1) is 14.4. The van der Waals surface area contributed by atoms with Crippen LogP contribution in [0.3, 0.4) is 0 Å². The Morgan fingerprint density at radius 1 is 1.19 bits per heavy atom. The third-order valence-corrected chi connectivity index (χ3v) is 4.99. The quantitative estimate of drug-likeness (QED) is 0.881. The van der Waals surface area contributed by atoms with Crippen molar-refractivity contribution >= 4 is 11.6 Å². The molecule has 5 heteroatoms. The Morgan fingerprint density at radius 3 is 2.52 bits per heavy atom. The summed E-state index contributed by atoms with van der Waals surface area (Å²) in [5, 5.41) is 2.53. The predicted molar refractivity (Wildman–Crippen MR) is 76.5 cm³/mol. The maximum Gasteiger partial charge on any atom is 0.227 e. The number of halogens is 2. The van der Waals surface area contributed by atoms with Crippen molar-refractivity contribution in [2.75, 3.05) is 5.32 Å². The van der Waals surface area contributed by atoms with Crippen LogP contribution in [-0.4, -0.2) is 11.9 Å². The molecule has 3 N–H and O–H groups in total. The van der Waals surface area contributed by atoms with Crippen LogP contribution in [0.5, 0.6) is 0 Å². The first-order valence-electron chi connectivity index (χ1n) is 7.56. The van der Waals surface area contributed by atoms with Crippen LogP contribution in [0.15, 0.2) is 18.2 Å². The van der Waals surface area contributed by atoms with Crippen molar-refractivity contribution in [3.05, 3.63) is 29.8 Å². The molecule has 2 unspecified atom stereocenters. The molecule has 2 saturated carbocycles. The Labute approximate surface area is 122 Å². The third-order valence-electron chi connectivity index (χ3n) is 4.99. The lowest BCUT2D eigenvalue weighted by molar-refractivity contribution is -0.122. The zero-order chi connectivity index (χ0) is 15.0. The van der Waals surface area contributed by atoms with Gasteiger partial charge in [-0.15, -0.1) is 0 Å². The molecule has 2 atom stereocenters. The fourth-order valence-corrected chi connectivity index (χ4v) is 3.84. The van der Waals surface area contributed by atoms with E-state index in [1.54, 1.807) is 0 Å². The van der Waals surface area contributed by atoms with E-state index in [0.717, 1.165) is 31.7 Å². The smallest absolute Gasteiger partial charge is 0.227 e. The van der Waals surface area contributed by atoms with Gasteiger partial charge in [0.2, 0.25) is 5.91 Å². The van der Waals surface area contributed by atoms with Crippen LogP contribution in [-0.2, 0) is 4.79 Å². The molecule has 0 saturated heterocycles. The van der Waals surface area contributed by atoms with Crippen molar-refractivity contribution in [1.82, 2.24) is 0 Å². The summed E-state index contributed by atoms with van der Waals surface area (Å²) in [6.07, 6.45) is 4.81. The highest BCUT2D eigenvalue weighted by atomic mass is 19.2. The van der Waals surface area contributed by atoms with Crippen molar-refractivity contribution in [2.24, 2.45) is 23.5 Å². The van der Waals surface area contributed by atoms with E-state index in [4.69, 9.17) is 5.73 Å². The van der Waals surface area contributed by atoms with Gasteiger partial charge >= 0.3 is 0 Å². The largest absolute Gasteiger partial charge is 0.327 e. The molecule has 2 bridgehead atoms. The number of nitrogens with two attached hydrogens (primary N) is 1. The van der Waals surface area contributed by atoms with Gasteiger partial charge in [0, 0.05) is 12.0 Å². The lowest BCUT2D eigenvalue weighted by atomic mass is 9.65. The number of hydrogen-bond donors (Lipinski definition) is 2. The van der Waals surface area contributed by atoms with Gasteiger partial charge in [0.15, 0.2) is 11.6 Å². The molecule has 1 aromatic rings. The third kappa shape index (κ3) is 2.79. The summed E-state index contributed by atoms with van der Waals surface area (Å²) in [6.45, 7) is 0. The van der Waals surface area contributed by atoms with Gasteiger partial charge in [-0.3, -0.25) is 4.79 Å². The van der Waals surface area contributed by atoms with Gasteiger partial charge in [0.25, 0.3) is 0 Å². The maximum absolute atomic E-state index is 13.6. The molecule has 3 rings (SSSR count). The number of rotatable bonds is 2. The average Bonchev–Trinajstić information content (AvgIpc) is 2.43. The molecule has 0 radical (unpaired) electrons. The molecule has 2 aliphatic rings. The molecule has 2 aliphatic carbocycles. The van der Waals surface area contributed by atoms with Crippen LogP contribution in [0.4, 0.5) is 14.5 Å². The second-order valence-electron chi connectivity index (χ2n) is 6.29. The van der Waals surface area contributed by atoms with Gasteiger partial charge in [-0.05, 0) is 49.7 Å². The van der Waals surface area contributed by atoms with Gasteiger partial charge in [-0.25, -0.2) is 8.78 Å². The van der Waals surface area contributed by atoms with Crippen LogP contribution < -0.4 is 11.1 Å². The molecule has 3 nitrogen and oxygen atoms in total. The molecule has 114 valence electrons. The SMILES string of the molecule is NC1C2CCCC1CC(C(=O)Nc1cccc(F)c1F)C2. The first-order valence-corrected chi connectivity index (χ1v) is 7.56. The Bertz CT molecular complexity index is 535. The summed E-state index contributed by atoms with van der Waals surface area (Å²) in [6, 6.07) is 3.99. The molecule has 1 aromatic carbocycles. The second kappa shape index (κ2) is 5.72. The van der Waals surface area contributed by atoms with Crippen molar-refractivity contribution in [3.8, 4) is 0 Å². The van der Waals surface area contributed by atoms with E-state index in [1.165, 1.54) is 18.6 Å². The maximum atomic E-state index is 13.6. The monoisotopic (exact) mass is 294 g/mol. The molecule has 0 heterocycles. The summed E-state index contributed by atoms with van der Waals surface area (Å²) in [7, 11) is 0. The lowest BCUT2D eigenvalue weighted by Crippen LogP contribution is -2.48. The number of nitrogens with one attached hydrogen (secondary N) is 1. The highest BCUT2D eigenvalue weighted by Gasteiger charge is 2.40. The van der Waals surface area contributed by atoms with Crippen LogP contribution in [0.25, 0.3) is 0 Å². The molecule has 21 heavy (non-hydrogen) atoms. The zero-order valence-corrected chi connectivity index (χ0v) is 11.8. The molecule has 1 amide bonds. The number of fused-ring (bicyclic) bond motifs is 2. The summed E-state index contributed by atoms with van der Waals surface area (Å²) in [4.78, 5) is 12.3. The normalized spacial score (nSPS) is 31.8. The number of hydrogen-bond acceptors (Lipinski definition) is 2. The minimum absolute atomic E-state index is 0.0833. The summed E-state index contributed by atoms with van der Waals surface area (Å²) >= 11 is 0. The van der Waals surface area contributed by atoms with Gasteiger partial charge in [0.05, 0.1) is 5.69 Å². The van der Waals surface area contributed by atoms with Gasteiger partial charge in [0.1, 0.15) is 0 Å². The van der Waals surface area contributed by atoms with E-state index < -0.39 is 11.6 Å². The van der Waals surface area contributed by atoms with Gasteiger partial charge in [-0.1, -0.05) is 12.5 Å². The first-order chi connectivity index (χ1) is 10.1. The topological polar surface area (TPSA) is 55.1 Å². The average molecular weight is 294 g/mol. The number of benzene rings is 1. The van der Waals surface area contributed by atoms with Crippen LogP contribution in [0, 0.1) is 29.4 Å². The number of carbonyl (C=O) groups excluding carboxylic acids is 1. The minimum Gasteiger partial charge on any atom is -0.327 e. The molecule has 0 aliphatic heterocycles. The van der Waals surface area contributed by atoms with E-state index in [-0.39, 0.29) is 23.6 Å². The van der Waals surface area contributed by atoms with Gasteiger partial charge < -0.3 is 11.1 Å². The van der Waals surface area contributed by atoms with E-state index in [9.17, 15) is 13.6 Å². The molecule has 0 spiro atoms. The van der Waals surface area contributed by atoms with Crippen molar-refractivity contribution in [3.63, 3.8) is 0 Å².